The van der Waals surface area contributed by atoms with Crippen LogP contribution in [0, 0.1) is 11.6 Å². The highest BCUT2D eigenvalue weighted by atomic mass is 19.3. The average molecular weight is 412 g/mol. The number of halogens is 5. The van der Waals surface area contributed by atoms with Crippen molar-refractivity contribution in [2.75, 3.05) is 0 Å². The molecular formula is C19H17F5N4O. The van der Waals surface area contributed by atoms with Crippen molar-refractivity contribution >= 4 is 11.7 Å². The lowest BCUT2D eigenvalue weighted by Gasteiger charge is -2.42. The molecule has 1 aromatic heterocycles. The maximum absolute atomic E-state index is 14.9. The number of carbonyl (C=O) groups excluding carboxylic acids is 1. The van der Waals surface area contributed by atoms with Gasteiger partial charge in [-0.1, -0.05) is 6.07 Å². The van der Waals surface area contributed by atoms with E-state index < -0.39 is 52.5 Å². The number of rotatable bonds is 3. The molecule has 0 fully saturated rings. The number of pyridine rings is 1. The maximum atomic E-state index is 14.9. The van der Waals surface area contributed by atoms with Crippen LogP contribution in [0.5, 0.6) is 0 Å². The van der Waals surface area contributed by atoms with Crippen molar-refractivity contribution in [3.05, 3.63) is 53.4 Å². The van der Waals surface area contributed by atoms with Gasteiger partial charge in [0.1, 0.15) is 23.2 Å². The van der Waals surface area contributed by atoms with E-state index in [1.807, 2.05) is 0 Å². The highest BCUT2D eigenvalue weighted by molar-refractivity contribution is 5.98. The number of alkyl halides is 3. The summed E-state index contributed by atoms with van der Waals surface area (Å²) in [4.78, 5) is 18.8. The van der Waals surface area contributed by atoms with Crippen molar-refractivity contribution in [3.8, 4) is 11.1 Å². The maximum Gasteiger partial charge on any atom is 0.280 e. The van der Waals surface area contributed by atoms with E-state index in [1.54, 1.807) is 0 Å². The summed E-state index contributed by atoms with van der Waals surface area (Å²) >= 11 is 0. The minimum absolute atomic E-state index is 0.00146. The SMILES string of the molecule is CC1(F)CC(F)(F)C(C)(c2cc(-c3cc(F)cnc3C(N)=O)ccc2F)N=C1N. The summed E-state index contributed by atoms with van der Waals surface area (Å²) in [6, 6.07) is 3.90. The normalized spacial score (nSPS) is 26.1. The molecule has 1 aliphatic heterocycles. The van der Waals surface area contributed by atoms with Gasteiger partial charge in [-0.15, -0.1) is 0 Å². The first-order chi connectivity index (χ1) is 13.3. The van der Waals surface area contributed by atoms with Gasteiger partial charge >= 0.3 is 0 Å². The minimum Gasteiger partial charge on any atom is -0.385 e. The fraction of sp³-hybridized carbons (Fsp3) is 0.316. The second kappa shape index (κ2) is 6.50. The third-order valence-electron chi connectivity index (χ3n) is 5.03. The van der Waals surface area contributed by atoms with Gasteiger partial charge in [0.15, 0.2) is 11.2 Å². The van der Waals surface area contributed by atoms with Gasteiger partial charge in [0.05, 0.1) is 12.6 Å². The molecule has 5 nitrogen and oxygen atoms in total. The van der Waals surface area contributed by atoms with E-state index in [9.17, 15) is 26.7 Å². The number of hydrogen-bond donors (Lipinski definition) is 2. The van der Waals surface area contributed by atoms with Crippen molar-refractivity contribution in [1.29, 1.82) is 0 Å². The van der Waals surface area contributed by atoms with Crippen molar-refractivity contribution in [2.45, 2.75) is 37.4 Å². The first-order valence-corrected chi connectivity index (χ1v) is 8.47. The molecule has 1 amide bonds. The van der Waals surface area contributed by atoms with Crippen LogP contribution < -0.4 is 11.5 Å². The smallest absolute Gasteiger partial charge is 0.280 e. The van der Waals surface area contributed by atoms with Crippen molar-refractivity contribution in [2.24, 2.45) is 16.5 Å². The number of nitrogens with zero attached hydrogens (tertiary/aromatic N) is 2. The Morgan fingerprint density at radius 2 is 1.79 bits per heavy atom. The Bertz CT molecular complexity index is 1040. The lowest BCUT2D eigenvalue weighted by molar-refractivity contribution is -0.106. The number of hydrogen-bond acceptors (Lipinski definition) is 4. The van der Waals surface area contributed by atoms with E-state index in [0.29, 0.717) is 0 Å². The summed E-state index contributed by atoms with van der Waals surface area (Å²) < 4.78 is 72.4. The number of primary amides is 1. The minimum atomic E-state index is -3.80. The van der Waals surface area contributed by atoms with Gasteiger partial charge in [0, 0.05) is 11.1 Å². The number of benzene rings is 1. The van der Waals surface area contributed by atoms with Gasteiger partial charge < -0.3 is 11.5 Å². The Morgan fingerprint density at radius 3 is 2.41 bits per heavy atom. The summed E-state index contributed by atoms with van der Waals surface area (Å²) in [5.41, 5.74) is 4.62. The fourth-order valence-electron chi connectivity index (χ4n) is 3.30. The largest absolute Gasteiger partial charge is 0.385 e. The summed E-state index contributed by atoms with van der Waals surface area (Å²) in [6.45, 7) is 1.79. The molecule has 0 spiro atoms. The average Bonchev–Trinajstić information content (AvgIpc) is 2.59. The second-order valence-corrected chi connectivity index (χ2v) is 7.26. The van der Waals surface area contributed by atoms with Gasteiger partial charge in [-0.2, -0.15) is 0 Å². The van der Waals surface area contributed by atoms with Crippen LogP contribution in [-0.2, 0) is 5.54 Å². The Balaban J connectivity index is 2.26. The molecule has 3 rings (SSSR count). The standard InChI is InChI=1S/C19H17F5N4O/c1-17(22)8-19(23,24)18(2,28-16(17)26)12-5-9(3-4-13(12)21)11-6-10(20)7-27-14(11)15(25)29/h3-7H,8H2,1-2H3,(H2,25,29)(H2,26,28). The molecule has 2 heterocycles. The first-order valence-electron chi connectivity index (χ1n) is 8.47. The van der Waals surface area contributed by atoms with Crippen LogP contribution >= 0.6 is 0 Å². The third kappa shape index (κ3) is 3.32. The zero-order valence-corrected chi connectivity index (χ0v) is 15.4. The summed E-state index contributed by atoms with van der Waals surface area (Å²) in [5.74, 6) is -7.36. The predicted octanol–water partition coefficient (Wildman–Crippen LogP) is 3.47. The van der Waals surface area contributed by atoms with E-state index in [0.717, 1.165) is 44.3 Å². The fourth-order valence-corrected chi connectivity index (χ4v) is 3.30. The van der Waals surface area contributed by atoms with Crippen LogP contribution in [0.4, 0.5) is 22.0 Å². The molecule has 29 heavy (non-hydrogen) atoms. The van der Waals surface area contributed by atoms with Crippen LogP contribution in [0.25, 0.3) is 11.1 Å². The topological polar surface area (TPSA) is 94.4 Å². The Morgan fingerprint density at radius 1 is 1.14 bits per heavy atom. The summed E-state index contributed by atoms with van der Waals surface area (Å²) in [5, 5.41) is 0. The second-order valence-electron chi connectivity index (χ2n) is 7.26. The van der Waals surface area contributed by atoms with Crippen LogP contribution in [0.2, 0.25) is 0 Å². The highest BCUT2D eigenvalue weighted by Gasteiger charge is 2.60. The zero-order valence-electron chi connectivity index (χ0n) is 15.4. The van der Waals surface area contributed by atoms with Crippen LogP contribution in [-0.4, -0.2) is 28.3 Å². The zero-order chi connectivity index (χ0) is 21.8. The molecular weight excluding hydrogens is 395 g/mol. The van der Waals surface area contributed by atoms with Crippen LogP contribution in [0.15, 0.2) is 35.5 Å². The van der Waals surface area contributed by atoms with E-state index in [1.165, 1.54) is 0 Å². The lowest BCUT2D eigenvalue weighted by Crippen LogP contribution is -2.56. The van der Waals surface area contributed by atoms with E-state index in [-0.39, 0.29) is 16.8 Å². The Labute approximate surface area is 162 Å². The predicted molar refractivity (Wildman–Crippen MR) is 96.2 cm³/mol. The van der Waals surface area contributed by atoms with Gasteiger partial charge in [0.2, 0.25) is 0 Å². The number of amides is 1. The van der Waals surface area contributed by atoms with Crippen LogP contribution in [0.1, 0.15) is 36.3 Å². The monoisotopic (exact) mass is 412 g/mol. The summed E-state index contributed by atoms with van der Waals surface area (Å²) in [6.07, 6.45) is -0.540. The number of nitrogens with two attached hydrogens (primary N) is 2. The van der Waals surface area contributed by atoms with Gasteiger partial charge in [-0.05, 0) is 37.6 Å². The van der Waals surface area contributed by atoms with E-state index in [2.05, 4.69) is 9.98 Å². The van der Waals surface area contributed by atoms with Gasteiger partial charge in [-0.3, -0.25) is 9.79 Å². The molecule has 2 aromatic rings. The molecule has 0 aliphatic carbocycles. The van der Waals surface area contributed by atoms with Crippen molar-refractivity contribution in [3.63, 3.8) is 0 Å². The van der Waals surface area contributed by atoms with E-state index in [4.69, 9.17) is 11.5 Å². The molecule has 154 valence electrons. The molecule has 0 bridgehead atoms. The van der Waals surface area contributed by atoms with Crippen molar-refractivity contribution < 1.29 is 26.7 Å². The highest BCUT2D eigenvalue weighted by Crippen LogP contribution is 2.50. The Kier molecular flexibility index (Phi) is 4.64. The molecule has 4 N–H and O–H groups in total. The molecule has 10 heteroatoms. The summed E-state index contributed by atoms with van der Waals surface area (Å²) in [7, 11) is 0. The van der Waals surface area contributed by atoms with Gasteiger partial charge in [-0.25, -0.2) is 26.9 Å². The number of aromatic nitrogens is 1. The number of amidine groups is 1. The lowest BCUT2D eigenvalue weighted by atomic mass is 9.77. The van der Waals surface area contributed by atoms with Crippen LogP contribution in [0.3, 0.4) is 0 Å². The quantitative estimate of drug-likeness (QED) is 0.756. The molecule has 2 unspecified atom stereocenters. The number of aliphatic imine (C=N–C) groups is 1. The first kappa shape index (κ1) is 20.7. The Hall–Kier alpha value is -3.04. The molecule has 0 radical (unpaired) electrons. The number of carbonyl (C=O) groups is 1. The third-order valence-corrected chi connectivity index (χ3v) is 5.03. The molecule has 0 saturated heterocycles. The van der Waals surface area contributed by atoms with Gasteiger partial charge in [0.25, 0.3) is 11.8 Å². The molecule has 2 atom stereocenters. The molecule has 1 aromatic carbocycles. The van der Waals surface area contributed by atoms with Crippen molar-refractivity contribution in [1.82, 2.24) is 4.98 Å². The molecule has 0 saturated carbocycles. The molecule has 1 aliphatic rings. The van der Waals surface area contributed by atoms with E-state index >= 15 is 0 Å².